The molecule has 1 aliphatic heterocycles. The largest absolute Gasteiger partial charge is 0.497 e. The van der Waals surface area contributed by atoms with Crippen molar-refractivity contribution in [3.63, 3.8) is 0 Å². The second kappa shape index (κ2) is 6.80. The van der Waals surface area contributed by atoms with Gasteiger partial charge in [-0.2, -0.15) is 0 Å². The van der Waals surface area contributed by atoms with Crippen molar-refractivity contribution in [1.29, 1.82) is 0 Å². The quantitative estimate of drug-likeness (QED) is 0.717. The molecule has 0 amide bonds. The lowest BCUT2D eigenvalue weighted by Gasteiger charge is -2.27. The van der Waals surface area contributed by atoms with Crippen LogP contribution in [0.2, 0.25) is 0 Å². The number of aryl methyl sites for hydroxylation is 1. The first-order valence-corrected chi connectivity index (χ1v) is 8.85. The molecule has 26 heavy (non-hydrogen) atoms. The second-order valence-electron chi connectivity index (χ2n) is 6.30. The predicted octanol–water partition coefficient (Wildman–Crippen LogP) is 3.61. The molecule has 1 fully saturated rings. The number of nitrogens with one attached hydrogen (secondary N) is 1. The summed E-state index contributed by atoms with van der Waals surface area (Å²) in [5.74, 6) is 0.823. The van der Waals surface area contributed by atoms with E-state index in [1.54, 1.807) is 7.11 Å². The molecule has 0 spiro atoms. The maximum absolute atomic E-state index is 5.69. The Hall–Kier alpha value is -2.86. The van der Waals surface area contributed by atoms with E-state index in [-0.39, 0.29) is 12.1 Å². The van der Waals surface area contributed by atoms with Crippen LogP contribution in [0.3, 0.4) is 0 Å². The van der Waals surface area contributed by atoms with Gasteiger partial charge in [0.2, 0.25) is 0 Å². The first-order chi connectivity index (χ1) is 12.7. The van der Waals surface area contributed by atoms with Gasteiger partial charge < -0.3 is 19.5 Å². The first-order valence-electron chi connectivity index (χ1n) is 8.44. The van der Waals surface area contributed by atoms with Crippen molar-refractivity contribution in [2.24, 2.45) is 7.05 Å². The Morgan fingerprint density at radius 2 is 1.92 bits per heavy atom. The van der Waals surface area contributed by atoms with Crippen molar-refractivity contribution < 1.29 is 4.74 Å². The number of hydrogen-bond donors (Lipinski definition) is 1. The number of benzene rings is 1. The second-order valence-corrected chi connectivity index (χ2v) is 6.69. The standard InChI is InChI=1S/C20H20N4OS/c1-23-12-10-14(13-23)19-18(17-5-3-4-11-21-17)22-20(26)24(19)15-6-8-16(25-2)9-7-15/h3-13,18-19H,1-2H3,(H,22,26)/t18-,19-/m0/s1. The molecule has 1 aliphatic rings. The van der Waals surface area contributed by atoms with E-state index < -0.39 is 0 Å². The molecule has 5 nitrogen and oxygen atoms in total. The minimum Gasteiger partial charge on any atom is -0.497 e. The van der Waals surface area contributed by atoms with Crippen LogP contribution in [0, 0.1) is 0 Å². The molecule has 0 radical (unpaired) electrons. The molecule has 3 heterocycles. The Morgan fingerprint density at radius 1 is 1.12 bits per heavy atom. The van der Waals surface area contributed by atoms with Crippen LogP contribution in [0.4, 0.5) is 5.69 Å². The molecule has 1 N–H and O–H groups in total. The zero-order chi connectivity index (χ0) is 18.1. The summed E-state index contributed by atoms with van der Waals surface area (Å²) in [7, 11) is 3.69. The monoisotopic (exact) mass is 364 g/mol. The van der Waals surface area contributed by atoms with Crippen molar-refractivity contribution in [3.8, 4) is 5.75 Å². The zero-order valence-electron chi connectivity index (χ0n) is 14.7. The van der Waals surface area contributed by atoms with Crippen LogP contribution in [0.15, 0.2) is 67.1 Å². The highest BCUT2D eigenvalue weighted by molar-refractivity contribution is 7.80. The van der Waals surface area contributed by atoms with Crippen molar-refractivity contribution in [3.05, 3.63) is 78.4 Å². The highest BCUT2D eigenvalue weighted by Gasteiger charge is 2.40. The highest BCUT2D eigenvalue weighted by atomic mass is 32.1. The van der Waals surface area contributed by atoms with E-state index in [1.807, 2.05) is 55.7 Å². The van der Waals surface area contributed by atoms with Gasteiger partial charge in [0.25, 0.3) is 0 Å². The summed E-state index contributed by atoms with van der Waals surface area (Å²) < 4.78 is 7.34. The molecule has 1 aromatic carbocycles. The molecule has 4 rings (SSSR count). The van der Waals surface area contributed by atoms with Crippen LogP contribution in [0.5, 0.6) is 5.75 Å². The first kappa shape index (κ1) is 16.6. The fourth-order valence-electron chi connectivity index (χ4n) is 3.41. The molecular formula is C20H20N4OS. The zero-order valence-corrected chi connectivity index (χ0v) is 15.5. The van der Waals surface area contributed by atoms with E-state index >= 15 is 0 Å². The van der Waals surface area contributed by atoms with Gasteiger partial charge >= 0.3 is 0 Å². The van der Waals surface area contributed by atoms with Crippen LogP contribution < -0.4 is 15.0 Å². The number of aromatic nitrogens is 2. The number of hydrogen-bond acceptors (Lipinski definition) is 3. The average molecular weight is 364 g/mol. The number of methoxy groups -OCH3 is 1. The normalized spacial score (nSPS) is 19.5. The molecule has 0 unspecified atom stereocenters. The maximum atomic E-state index is 5.69. The summed E-state index contributed by atoms with van der Waals surface area (Å²) in [5, 5.41) is 4.15. The van der Waals surface area contributed by atoms with Gasteiger partial charge in [0, 0.05) is 31.3 Å². The number of ether oxygens (including phenoxy) is 1. The summed E-state index contributed by atoms with van der Waals surface area (Å²) >= 11 is 5.69. The van der Waals surface area contributed by atoms with Crippen molar-refractivity contribution in [2.75, 3.05) is 12.0 Å². The van der Waals surface area contributed by atoms with Gasteiger partial charge in [-0.3, -0.25) is 4.98 Å². The van der Waals surface area contributed by atoms with Gasteiger partial charge in [-0.15, -0.1) is 0 Å². The summed E-state index contributed by atoms with van der Waals surface area (Å²) in [5.41, 5.74) is 3.18. The topological polar surface area (TPSA) is 42.3 Å². The Morgan fingerprint density at radius 3 is 2.54 bits per heavy atom. The number of thiocarbonyl (C=S) groups is 1. The Bertz CT molecular complexity index is 907. The Labute approximate surface area is 158 Å². The lowest BCUT2D eigenvalue weighted by molar-refractivity contribution is 0.415. The van der Waals surface area contributed by atoms with Crippen molar-refractivity contribution in [2.45, 2.75) is 12.1 Å². The Kier molecular flexibility index (Phi) is 4.34. The van der Waals surface area contributed by atoms with Crippen LogP contribution in [-0.2, 0) is 7.05 Å². The van der Waals surface area contributed by atoms with Crippen LogP contribution in [-0.4, -0.2) is 21.8 Å². The van der Waals surface area contributed by atoms with Crippen LogP contribution in [0.1, 0.15) is 23.3 Å². The van der Waals surface area contributed by atoms with E-state index in [2.05, 4.69) is 38.2 Å². The molecule has 2 atom stereocenters. The van der Waals surface area contributed by atoms with Crippen LogP contribution in [0.25, 0.3) is 0 Å². The SMILES string of the molecule is COc1ccc(N2C(=S)N[C@@H](c3ccccn3)[C@@H]2c2ccn(C)c2)cc1. The van der Waals surface area contributed by atoms with Gasteiger partial charge in [-0.05, 0) is 60.2 Å². The number of anilines is 1. The van der Waals surface area contributed by atoms with E-state index in [9.17, 15) is 0 Å². The third-order valence-corrected chi connectivity index (χ3v) is 4.96. The summed E-state index contributed by atoms with van der Waals surface area (Å²) in [6, 6.07) is 16.1. The van der Waals surface area contributed by atoms with Gasteiger partial charge in [0.1, 0.15) is 5.75 Å². The molecule has 0 saturated carbocycles. The smallest absolute Gasteiger partial charge is 0.174 e. The molecule has 0 aliphatic carbocycles. The van der Waals surface area contributed by atoms with Crippen molar-refractivity contribution >= 4 is 23.0 Å². The molecule has 132 valence electrons. The van der Waals surface area contributed by atoms with Gasteiger partial charge in [0.15, 0.2) is 5.11 Å². The van der Waals surface area contributed by atoms with E-state index in [0.717, 1.165) is 17.1 Å². The molecule has 3 aromatic rings. The maximum Gasteiger partial charge on any atom is 0.174 e. The number of pyridine rings is 1. The lowest BCUT2D eigenvalue weighted by atomic mass is 9.98. The summed E-state index contributed by atoms with van der Waals surface area (Å²) in [6.45, 7) is 0. The van der Waals surface area contributed by atoms with Gasteiger partial charge in [-0.25, -0.2) is 0 Å². The number of nitrogens with zero attached hydrogens (tertiary/aromatic N) is 3. The van der Waals surface area contributed by atoms with Gasteiger partial charge in [0.05, 0.1) is 24.9 Å². The molecule has 2 aromatic heterocycles. The molecule has 1 saturated heterocycles. The molecule has 6 heteroatoms. The Balaban J connectivity index is 1.79. The van der Waals surface area contributed by atoms with E-state index in [4.69, 9.17) is 17.0 Å². The van der Waals surface area contributed by atoms with Crippen molar-refractivity contribution in [1.82, 2.24) is 14.9 Å². The van der Waals surface area contributed by atoms with E-state index in [0.29, 0.717) is 5.11 Å². The average Bonchev–Trinajstić information content (AvgIpc) is 3.25. The third-order valence-electron chi connectivity index (χ3n) is 4.65. The minimum absolute atomic E-state index is 0.0202. The minimum atomic E-state index is -0.0202. The van der Waals surface area contributed by atoms with Gasteiger partial charge in [-0.1, -0.05) is 6.07 Å². The highest BCUT2D eigenvalue weighted by Crippen LogP contribution is 2.41. The fraction of sp³-hybridized carbons (Fsp3) is 0.200. The van der Waals surface area contributed by atoms with E-state index in [1.165, 1.54) is 5.56 Å². The summed E-state index contributed by atoms with van der Waals surface area (Å²) in [6.07, 6.45) is 6.00. The predicted molar refractivity (Wildman–Crippen MR) is 106 cm³/mol. The molecule has 0 bridgehead atoms. The molecular weight excluding hydrogens is 344 g/mol. The number of rotatable bonds is 4. The fourth-order valence-corrected chi connectivity index (χ4v) is 3.76. The summed E-state index contributed by atoms with van der Waals surface area (Å²) in [4.78, 5) is 6.71. The third kappa shape index (κ3) is 2.93. The lowest BCUT2D eigenvalue weighted by Crippen LogP contribution is -2.29. The van der Waals surface area contributed by atoms with Crippen LogP contribution >= 0.6 is 12.2 Å².